The van der Waals surface area contributed by atoms with Crippen LogP contribution < -0.4 is 5.32 Å². The van der Waals surface area contributed by atoms with E-state index in [2.05, 4.69) is 10.4 Å². The number of alkyl halides is 3. The van der Waals surface area contributed by atoms with E-state index in [1.807, 2.05) is 0 Å². The maximum absolute atomic E-state index is 13.1. The molecule has 0 aliphatic carbocycles. The summed E-state index contributed by atoms with van der Waals surface area (Å²) >= 11 is 0. The number of amides is 1. The van der Waals surface area contributed by atoms with Crippen molar-refractivity contribution in [2.24, 2.45) is 0 Å². The zero-order valence-electron chi connectivity index (χ0n) is 19.0. The van der Waals surface area contributed by atoms with Crippen LogP contribution in [0.2, 0.25) is 0 Å². The Hall–Kier alpha value is -4.14. The average Bonchev–Trinajstić information content (AvgIpc) is 3.29. The highest BCUT2D eigenvalue weighted by Crippen LogP contribution is 2.30. The van der Waals surface area contributed by atoms with Crippen LogP contribution in [-0.2, 0) is 17.3 Å². The quantitative estimate of drug-likeness (QED) is 0.383. The molecule has 0 spiro atoms. The predicted molar refractivity (Wildman–Crippen MR) is 123 cm³/mol. The fourth-order valence-electron chi connectivity index (χ4n) is 3.88. The highest BCUT2D eigenvalue weighted by atomic mass is 19.4. The lowest BCUT2D eigenvalue weighted by Crippen LogP contribution is -2.26. The van der Waals surface area contributed by atoms with Gasteiger partial charge < -0.3 is 10.1 Å². The summed E-state index contributed by atoms with van der Waals surface area (Å²) in [5.41, 5.74) is 2.44. The molecule has 0 radical (unpaired) electrons. The van der Waals surface area contributed by atoms with E-state index in [1.165, 1.54) is 23.9 Å². The topological polar surface area (TPSA) is 72.7 Å². The Morgan fingerprint density at radius 1 is 1.09 bits per heavy atom. The second-order valence-corrected chi connectivity index (χ2v) is 8.07. The molecule has 1 amide bonds. The first-order chi connectivity index (χ1) is 16.7. The summed E-state index contributed by atoms with van der Waals surface area (Å²) in [5, 5.41) is 7.16. The number of fused-ring (bicyclic) bond motifs is 1. The summed E-state index contributed by atoms with van der Waals surface area (Å²) in [6.07, 6.45) is -1.12. The van der Waals surface area contributed by atoms with Crippen molar-refractivity contribution < 1.29 is 27.5 Å². The number of methoxy groups -OCH3 is 1. The second kappa shape index (κ2) is 9.61. The van der Waals surface area contributed by atoms with E-state index in [4.69, 9.17) is 4.74 Å². The molecule has 0 aliphatic rings. The summed E-state index contributed by atoms with van der Waals surface area (Å²) < 4.78 is 45.6. The van der Waals surface area contributed by atoms with Gasteiger partial charge in [0.2, 0.25) is 0 Å². The van der Waals surface area contributed by atoms with E-state index in [0.29, 0.717) is 27.8 Å². The number of hydrogen-bond acceptors (Lipinski definition) is 4. The molecular weight excluding hydrogens is 459 g/mol. The maximum atomic E-state index is 13.1. The number of rotatable bonds is 6. The fraction of sp³-hybridized carbons (Fsp3) is 0.192. The summed E-state index contributed by atoms with van der Waals surface area (Å²) in [4.78, 5) is 24.8. The molecule has 9 heteroatoms. The lowest BCUT2D eigenvalue weighted by atomic mass is 10.0. The summed E-state index contributed by atoms with van der Waals surface area (Å²) in [6, 6.07) is 14.9. The van der Waals surface area contributed by atoms with Gasteiger partial charge in [-0.05, 0) is 54.3 Å². The van der Waals surface area contributed by atoms with Crippen LogP contribution in [0, 0.1) is 0 Å². The second-order valence-electron chi connectivity index (χ2n) is 8.07. The van der Waals surface area contributed by atoms with E-state index in [9.17, 15) is 22.8 Å². The number of pyridine rings is 1. The third-order valence-electron chi connectivity index (χ3n) is 5.70. The number of ether oxygens (including phenoxy) is 1. The maximum Gasteiger partial charge on any atom is 0.416 e. The zero-order valence-corrected chi connectivity index (χ0v) is 19.0. The van der Waals surface area contributed by atoms with Crippen LogP contribution in [0.5, 0.6) is 0 Å². The minimum Gasteiger partial charge on any atom is -0.465 e. The number of esters is 1. The van der Waals surface area contributed by atoms with Crippen molar-refractivity contribution in [3.63, 3.8) is 0 Å². The molecule has 0 fully saturated rings. The minimum absolute atomic E-state index is 0.199. The van der Waals surface area contributed by atoms with Crippen molar-refractivity contribution >= 4 is 17.4 Å². The van der Waals surface area contributed by atoms with Crippen molar-refractivity contribution in [3.05, 3.63) is 106 Å². The SMILES string of the molecule is COC(=O)c1ccc([C@H](C)NC(=O)c2cnn3cccc(Cc4cccc(C(F)(F)F)c4)c23)cc1. The Balaban J connectivity index is 1.58. The van der Waals surface area contributed by atoms with Gasteiger partial charge in [0.05, 0.1) is 41.6 Å². The smallest absolute Gasteiger partial charge is 0.416 e. The van der Waals surface area contributed by atoms with Crippen molar-refractivity contribution in [2.45, 2.75) is 25.6 Å². The molecule has 0 aliphatic heterocycles. The molecule has 4 rings (SSSR count). The highest BCUT2D eigenvalue weighted by Gasteiger charge is 2.30. The molecule has 2 aromatic heterocycles. The van der Waals surface area contributed by atoms with Crippen LogP contribution in [0.15, 0.2) is 73.1 Å². The van der Waals surface area contributed by atoms with Crippen LogP contribution in [0.1, 0.15) is 55.9 Å². The van der Waals surface area contributed by atoms with E-state index in [1.54, 1.807) is 55.6 Å². The van der Waals surface area contributed by atoms with Gasteiger partial charge in [-0.1, -0.05) is 36.4 Å². The zero-order chi connectivity index (χ0) is 25.2. The highest BCUT2D eigenvalue weighted by molar-refractivity contribution is 6.01. The molecule has 2 aromatic carbocycles. The molecular formula is C26H22F3N3O3. The number of carbonyl (C=O) groups excluding carboxylic acids is 2. The molecule has 6 nitrogen and oxygen atoms in total. The van der Waals surface area contributed by atoms with Gasteiger partial charge in [-0.15, -0.1) is 0 Å². The molecule has 1 atom stereocenters. The van der Waals surface area contributed by atoms with Crippen LogP contribution in [0.3, 0.4) is 0 Å². The summed E-state index contributed by atoms with van der Waals surface area (Å²) in [6.45, 7) is 1.81. The third kappa shape index (κ3) is 5.18. The molecule has 2 heterocycles. The number of nitrogens with zero attached hydrogens (tertiary/aromatic N) is 2. The van der Waals surface area contributed by atoms with Crippen molar-refractivity contribution in [2.75, 3.05) is 7.11 Å². The molecule has 35 heavy (non-hydrogen) atoms. The summed E-state index contributed by atoms with van der Waals surface area (Å²) in [7, 11) is 1.30. The largest absolute Gasteiger partial charge is 0.465 e. The fourth-order valence-corrected chi connectivity index (χ4v) is 3.88. The summed E-state index contributed by atoms with van der Waals surface area (Å²) in [5.74, 6) is -0.825. The molecule has 0 saturated carbocycles. The third-order valence-corrected chi connectivity index (χ3v) is 5.70. The van der Waals surface area contributed by atoms with Gasteiger partial charge >= 0.3 is 12.1 Å². The monoisotopic (exact) mass is 481 g/mol. The van der Waals surface area contributed by atoms with Gasteiger partial charge in [-0.25, -0.2) is 9.31 Å². The van der Waals surface area contributed by atoms with E-state index in [0.717, 1.165) is 17.7 Å². The number of halogens is 3. The van der Waals surface area contributed by atoms with Gasteiger partial charge in [0.25, 0.3) is 5.91 Å². The Labute approximate surface area is 199 Å². The van der Waals surface area contributed by atoms with Crippen LogP contribution in [-0.4, -0.2) is 28.6 Å². The van der Waals surface area contributed by atoms with Gasteiger partial charge in [0.1, 0.15) is 0 Å². The van der Waals surface area contributed by atoms with Gasteiger partial charge in [-0.3, -0.25) is 4.79 Å². The molecule has 4 aromatic rings. The Morgan fingerprint density at radius 3 is 2.51 bits per heavy atom. The normalized spacial score (nSPS) is 12.4. The van der Waals surface area contributed by atoms with Crippen molar-refractivity contribution in [3.8, 4) is 0 Å². The molecule has 0 unspecified atom stereocenters. The van der Waals surface area contributed by atoms with Gasteiger partial charge in [-0.2, -0.15) is 18.3 Å². The standard InChI is InChI=1S/C26H22F3N3O3/c1-16(18-8-10-19(11-9-18)25(34)35-2)31-24(33)22-15-30-32-12-4-6-20(23(22)32)13-17-5-3-7-21(14-17)26(27,28)29/h3-12,14-16H,13H2,1-2H3,(H,31,33)/t16-/m0/s1. The molecule has 180 valence electrons. The Morgan fingerprint density at radius 2 is 1.83 bits per heavy atom. The van der Waals surface area contributed by atoms with Crippen LogP contribution in [0.4, 0.5) is 13.2 Å². The van der Waals surface area contributed by atoms with E-state index < -0.39 is 17.7 Å². The van der Waals surface area contributed by atoms with Crippen LogP contribution in [0.25, 0.3) is 5.52 Å². The first kappa shape index (κ1) is 24.0. The van der Waals surface area contributed by atoms with Crippen molar-refractivity contribution in [1.82, 2.24) is 14.9 Å². The van der Waals surface area contributed by atoms with E-state index >= 15 is 0 Å². The Bertz CT molecular complexity index is 1380. The van der Waals surface area contributed by atoms with Crippen LogP contribution >= 0.6 is 0 Å². The minimum atomic E-state index is -4.44. The Kier molecular flexibility index (Phi) is 6.59. The average molecular weight is 481 g/mol. The van der Waals surface area contributed by atoms with Gasteiger partial charge in [0.15, 0.2) is 0 Å². The number of aromatic nitrogens is 2. The lowest BCUT2D eigenvalue weighted by molar-refractivity contribution is -0.137. The first-order valence-corrected chi connectivity index (χ1v) is 10.8. The lowest BCUT2D eigenvalue weighted by Gasteiger charge is -2.15. The first-order valence-electron chi connectivity index (χ1n) is 10.8. The number of carbonyl (C=O) groups is 2. The predicted octanol–water partition coefficient (Wildman–Crippen LogP) is 5.22. The van der Waals surface area contributed by atoms with Gasteiger partial charge in [0, 0.05) is 6.20 Å². The molecule has 0 saturated heterocycles. The molecule has 1 N–H and O–H groups in total. The van der Waals surface area contributed by atoms with E-state index in [-0.39, 0.29) is 18.4 Å². The van der Waals surface area contributed by atoms with Crippen molar-refractivity contribution in [1.29, 1.82) is 0 Å². The number of hydrogen-bond donors (Lipinski definition) is 1. The number of benzene rings is 2. The molecule has 0 bridgehead atoms. The number of nitrogens with one attached hydrogen (secondary N) is 1.